The van der Waals surface area contributed by atoms with Gasteiger partial charge in [-0.25, -0.2) is 9.69 Å². The van der Waals surface area contributed by atoms with E-state index in [1.165, 1.54) is 14.7 Å². The summed E-state index contributed by atoms with van der Waals surface area (Å²) in [5, 5.41) is 0. The third-order valence-electron chi connectivity index (χ3n) is 8.15. The zero-order valence-corrected chi connectivity index (χ0v) is 22.6. The van der Waals surface area contributed by atoms with Gasteiger partial charge in [0.25, 0.3) is 5.91 Å². The van der Waals surface area contributed by atoms with Gasteiger partial charge in [-0.2, -0.15) is 0 Å². The maximum absolute atomic E-state index is 14.3. The summed E-state index contributed by atoms with van der Waals surface area (Å²) in [7, 11) is 0. The topological polar surface area (TPSA) is 78.0 Å². The molecule has 3 aromatic rings. The van der Waals surface area contributed by atoms with E-state index in [1.807, 2.05) is 74.5 Å². The summed E-state index contributed by atoms with van der Waals surface area (Å²) < 4.78 is 0.725. The van der Waals surface area contributed by atoms with E-state index in [0.29, 0.717) is 5.69 Å². The van der Waals surface area contributed by atoms with E-state index in [0.717, 1.165) is 21.2 Å². The van der Waals surface area contributed by atoms with Gasteiger partial charge in [-0.1, -0.05) is 89.1 Å². The summed E-state index contributed by atoms with van der Waals surface area (Å²) in [4.78, 5) is 60.6. The van der Waals surface area contributed by atoms with Crippen molar-refractivity contribution in [2.75, 3.05) is 4.90 Å². The van der Waals surface area contributed by atoms with Crippen LogP contribution in [0.15, 0.2) is 83.3 Å². The molecule has 0 saturated carbocycles. The highest BCUT2D eigenvalue weighted by Gasteiger charge is 2.76. The Morgan fingerprint density at radius 3 is 2.29 bits per heavy atom. The first-order valence-electron chi connectivity index (χ1n) is 12.7. The molecule has 3 aliphatic rings. The van der Waals surface area contributed by atoms with Crippen molar-refractivity contribution in [1.29, 1.82) is 0 Å². The van der Waals surface area contributed by atoms with Crippen LogP contribution in [0, 0.1) is 18.8 Å². The van der Waals surface area contributed by atoms with Crippen molar-refractivity contribution in [3.8, 4) is 0 Å². The van der Waals surface area contributed by atoms with Gasteiger partial charge >= 0.3 is 6.03 Å². The van der Waals surface area contributed by atoms with E-state index in [-0.39, 0.29) is 18.9 Å². The van der Waals surface area contributed by atoms with Crippen LogP contribution >= 0.6 is 15.9 Å². The molecule has 0 unspecified atom stereocenters. The number of carbonyl (C=O) groups is 4. The fraction of sp³-hybridized carbons (Fsp3) is 0.267. The lowest BCUT2D eigenvalue weighted by Gasteiger charge is -2.34. The molecule has 3 fully saturated rings. The number of hydrogen-bond donors (Lipinski definition) is 0. The average molecular weight is 572 g/mol. The predicted molar refractivity (Wildman–Crippen MR) is 145 cm³/mol. The molecule has 0 N–H and O–H groups in total. The molecule has 0 bridgehead atoms. The summed E-state index contributed by atoms with van der Waals surface area (Å²) in [6.45, 7) is 3.89. The van der Waals surface area contributed by atoms with E-state index in [4.69, 9.17) is 0 Å². The number of aryl methyl sites for hydroxylation is 1. The molecule has 4 atom stereocenters. The molecule has 6 rings (SSSR count). The van der Waals surface area contributed by atoms with Crippen molar-refractivity contribution in [1.82, 2.24) is 9.80 Å². The second-order valence-corrected chi connectivity index (χ2v) is 11.1. The number of rotatable bonds is 5. The number of imide groups is 2. The van der Waals surface area contributed by atoms with Gasteiger partial charge in [0.2, 0.25) is 11.8 Å². The molecule has 3 heterocycles. The van der Waals surface area contributed by atoms with Gasteiger partial charge in [-0.15, -0.1) is 0 Å². The van der Waals surface area contributed by atoms with E-state index in [2.05, 4.69) is 15.9 Å². The van der Waals surface area contributed by atoms with Crippen LogP contribution in [0.5, 0.6) is 0 Å². The van der Waals surface area contributed by atoms with Gasteiger partial charge in [0.05, 0.1) is 30.1 Å². The van der Waals surface area contributed by atoms with Crippen LogP contribution < -0.4 is 4.90 Å². The number of amides is 5. The molecular formula is C30H26BrN3O4. The summed E-state index contributed by atoms with van der Waals surface area (Å²) in [5.41, 5.74) is 1.50. The highest BCUT2D eigenvalue weighted by Crippen LogP contribution is 2.60. The van der Waals surface area contributed by atoms with E-state index in [9.17, 15) is 19.2 Å². The van der Waals surface area contributed by atoms with Gasteiger partial charge in [-0.3, -0.25) is 19.3 Å². The van der Waals surface area contributed by atoms with Crippen molar-refractivity contribution in [2.24, 2.45) is 11.8 Å². The summed E-state index contributed by atoms with van der Waals surface area (Å²) in [6.07, 6.45) is 0.212. The van der Waals surface area contributed by atoms with Crippen LogP contribution in [0.2, 0.25) is 0 Å². The van der Waals surface area contributed by atoms with Crippen molar-refractivity contribution in [2.45, 2.75) is 38.4 Å². The van der Waals surface area contributed by atoms with E-state index < -0.39 is 41.3 Å². The van der Waals surface area contributed by atoms with Crippen LogP contribution in [-0.2, 0) is 20.9 Å². The van der Waals surface area contributed by atoms with Crippen molar-refractivity contribution in [3.05, 3.63) is 100 Å². The minimum absolute atomic E-state index is 0.128. The van der Waals surface area contributed by atoms with Gasteiger partial charge in [0.15, 0.2) is 0 Å². The molecule has 0 aliphatic carbocycles. The molecule has 0 aromatic heterocycles. The number of nitrogens with zero attached hydrogens (tertiary/aromatic N) is 3. The van der Waals surface area contributed by atoms with E-state index in [1.54, 1.807) is 18.2 Å². The zero-order chi connectivity index (χ0) is 26.8. The number of carbonyl (C=O) groups excluding carboxylic acids is 4. The minimum Gasteiger partial charge on any atom is -0.300 e. The second-order valence-electron chi connectivity index (χ2n) is 10.2. The Kier molecular flexibility index (Phi) is 5.76. The molecule has 0 radical (unpaired) electrons. The minimum atomic E-state index is -1.46. The molecule has 192 valence electrons. The summed E-state index contributed by atoms with van der Waals surface area (Å²) in [5.74, 6) is -3.01. The lowest BCUT2D eigenvalue weighted by molar-refractivity contribution is -0.145. The number of urea groups is 1. The first-order valence-corrected chi connectivity index (χ1v) is 13.5. The highest BCUT2D eigenvalue weighted by molar-refractivity contribution is 9.10. The first-order chi connectivity index (χ1) is 18.3. The SMILES string of the molecule is CC[C@@]12C(=O)N(c3cccc(Br)c3)C(=O)N1[C@H](c1cccc(C)c1)[C@@H]1C(=O)N(Cc3ccccc3)C(=O)[C@@H]12. The van der Waals surface area contributed by atoms with Crippen LogP contribution in [0.25, 0.3) is 0 Å². The van der Waals surface area contributed by atoms with Crippen molar-refractivity contribution >= 4 is 45.4 Å². The van der Waals surface area contributed by atoms with Gasteiger partial charge in [0, 0.05) is 4.47 Å². The first kappa shape index (κ1) is 24.6. The van der Waals surface area contributed by atoms with Crippen LogP contribution in [0.3, 0.4) is 0 Å². The third kappa shape index (κ3) is 3.32. The molecule has 38 heavy (non-hydrogen) atoms. The summed E-state index contributed by atoms with van der Waals surface area (Å²) in [6, 6.07) is 22.7. The monoisotopic (exact) mass is 571 g/mol. The maximum Gasteiger partial charge on any atom is 0.332 e. The lowest BCUT2D eigenvalue weighted by atomic mass is 9.77. The fourth-order valence-corrected chi connectivity index (χ4v) is 6.95. The van der Waals surface area contributed by atoms with E-state index >= 15 is 0 Å². The van der Waals surface area contributed by atoms with Gasteiger partial charge in [0.1, 0.15) is 5.54 Å². The Bertz CT molecular complexity index is 1490. The number of fused-ring (bicyclic) bond motifs is 3. The quantitative estimate of drug-likeness (QED) is 0.310. The molecular weight excluding hydrogens is 546 g/mol. The Labute approximate surface area is 229 Å². The second kappa shape index (κ2) is 8.91. The molecule has 3 aromatic carbocycles. The summed E-state index contributed by atoms with van der Waals surface area (Å²) >= 11 is 3.43. The number of likely N-dealkylation sites (tertiary alicyclic amines) is 1. The van der Waals surface area contributed by atoms with Crippen molar-refractivity contribution in [3.63, 3.8) is 0 Å². The Morgan fingerprint density at radius 2 is 1.61 bits per heavy atom. The van der Waals surface area contributed by atoms with Gasteiger partial charge < -0.3 is 4.90 Å². The number of hydrogen-bond acceptors (Lipinski definition) is 4. The number of anilines is 1. The predicted octanol–water partition coefficient (Wildman–Crippen LogP) is 5.23. The van der Waals surface area contributed by atoms with Crippen LogP contribution in [0.4, 0.5) is 10.5 Å². The molecule has 3 aliphatic heterocycles. The Hall–Kier alpha value is -3.78. The smallest absolute Gasteiger partial charge is 0.300 e. The molecule has 7 nitrogen and oxygen atoms in total. The molecule has 0 spiro atoms. The fourth-order valence-electron chi connectivity index (χ4n) is 6.56. The van der Waals surface area contributed by atoms with Crippen LogP contribution in [0.1, 0.15) is 36.1 Å². The largest absolute Gasteiger partial charge is 0.332 e. The van der Waals surface area contributed by atoms with Gasteiger partial charge in [-0.05, 0) is 42.7 Å². The highest BCUT2D eigenvalue weighted by atomic mass is 79.9. The number of halogens is 1. The zero-order valence-electron chi connectivity index (χ0n) is 21.0. The third-order valence-corrected chi connectivity index (χ3v) is 8.64. The molecule has 8 heteroatoms. The Balaban J connectivity index is 1.53. The lowest BCUT2D eigenvalue weighted by Crippen LogP contribution is -2.53. The molecule has 3 saturated heterocycles. The number of benzene rings is 3. The normalized spacial score (nSPS) is 26.4. The standard InChI is InChI=1S/C30H26BrN3O4/c1-3-30-24-23(26(35)32(27(24)36)17-19-10-5-4-6-11-19)25(20-12-7-9-18(2)15-20)34(30)29(38)33(28(30)37)22-14-8-13-21(31)16-22/h4-16,23-25H,3,17H2,1-2H3/t23-,24-,25-,30-/m1/s1. The van der Waals surface area contributed by atoms with Crippen molar-refractivity contribution < 1.29 is 19.2 Å². The Morgan fingerprint density at radius 1 is 0.868 bits per heavy atom. The average Bonchev–Trinajstić information content (AvgIpc) is 3.44. The maximum atomic E-state index is 14.3. The van der Waals surface area contributed by atoms with Crippen LogP contribution in [-0.4, -0.2) is 39.1 Å². The molecule has 5 amide bonds.